The maximum Gasteiger partial charge on any atom is 0.305 e. The third-order valence-corrected chi connectivity index (χ3v) is 6.62. The lowest BCUT2D eigenvalue weighted by atomic mass is 10.1. The minimum Gasteiger partial charge on any atom is -0.490 e. The number of thioether (sulfide) groups is 1. The summed E-state index contributed by atoms with van der Waals surface area (Å²) in [6.07, 6.45) is 4.59. The maximum atomic E-state index is 12.9. The SMILES string of the molecule is CCOC(=O)CCCCCN1C(=O)/C(=C/c2ccc(OCc3ccccc3)c(OCC)c2)SC1=S. The first-order chi connectivity index (χ1) is 17.0. The number of ether oxygens (including phenoxy) is 3. The van der Waals surface area contributed by atoms with E-state index in [0.717, 1.165) is 30.4 Å². The van der Waals surface area contributed by atoms with Crippen molar-refractivity contribution in [3.8, 4) is 11.5 Å². The van der Waals surface area contributed by atoms with Gasteiger partial charge in [-0.05, 0) is 56.0 Å². The molecule has 0 aliphatic carbocycles. The lowest BCUT2D eigenvalue weighted by Crippen LogP contribution is -2.29. The van der Waals surface area contributed by atoms with Gasteiger partial charge in [0.05, 0.1) is 18.1 Å². The quantitative estimate of drug-likeness (QED) is 0.141. The van der Waals surface area contributed by atoms with Gasteiger partial charge in [0, 0.05) is 13.0 Å². The van der Waals surface area contributed by atoms with Gasteiger partial charge in [0.15, 0.2) is 11.5 Å². The van der Waals surface area contributed by atoms with Crippen LogP contribution in [0.4, 0.5) is 0 Å². The minimum atomic E-state index is -0.177. The van der Waals surface area contributed by atoms with Gasteiger partial charge in [-0.3, -0.25) is 14.5 Å². The summed E-state index contributed by atoms with van der Waals surface area (Å²) < 4.78 is 17.3. The van der Waals surface area contributed by atoms with Crippen LogP contribution in [0.15, 0.2) is 53.4 Å². The fourth-order valence-corrected chi connectivity index (χ4v) is 4.84. The number of rotatable bonds is 13. The molecule has 35 heavy (non-hydrogen) atoms. The fourth-order valence-electron chi connectivity index (χ4n) is 3.53. The van der Waals surface area contributed by atoms with Gasteiger partial charge in [-0.2, -0.15) is 0 Å². The van der Waals surface area contributed by atoms with Gasteiger partial charge in [-0.1, -0.05) is 66.8 Å². The molecule has 1 saturated heterocycles. The average molecular weight is 514 g/mol. The summed E-state index contributed by atoms with van der Waals surface area (Å²) in [7, 11) is 0. The number of unbranched alkanes of at least 4 members (excludes halogenated alkanes) is 2. The summed E-state index contributed by atoms with van der Waals surface area (Å²) in [6.45, 7) is 5.61. The molecule has 0 atom stereocenters. The summed E-state index contributed by atoms with van der Waals surface area (Å²) in [5.41, 5.74) is 1.92. The molecule has 8 heteroatoms. The zero-order valence-corrected chi connectivity index (χ0v) is 21.8. The van der Waals surface area contributed by atoms with Crippen molar-refractivity contribution in [1.82, 2.24) is 4.90 Å². The van der Waals surface area contributed by atoms with E-state index in [1.165, 1.54) is 11.8 Å². The molecule has 0 radical (unpaired) electrons. The van der Waals surface area contributed by atoms with Crippen LogP contribution in [-0.4, -0.2) is 40.9 Å². The van der Waals surface area contributed by atoms with E-state index >= 15 is 0 Å². The third-order valence-electron chi connectivity index (χ3n) is 5.24. The Balaban J connectivity index is 1.59. The van der Waals surface area contributed by atoms with Gasteiger partial charge in [0.25, 0.3) is 5.91 Å². The van der Waals surface area contributed by atoms with Gasteiger partial charge in [-0.15, -0.1) is 0 Å². The first-order valence-corrected chi connectivity index (χ1v) is 13.1. The highest BCUT2D eigenvalue weighted by Crippen LogP contribution is 2.35. The Bertz CT molecular complexity index is 1050. The van der Waals surface area contributed by atoms with Crippen molar-refractivity contribution in [3.05, 3.63) is 64.6 Å². The Labute approximate surface area is 216 Å². The largest absolute Gasteiger partial charge is 0.490 e. The number of carbonyl (C=O) groups excluding carboxylic acids is 2. The molecule has 0 unspecified atom stereocenters. The third kappa shape index (κ3) is 8.11. The highest BCUT2D eigenvalue weighted by molar-refractivity contribution is 8.26. The number of amides is 1. The fraction of sp³-hybridized carbons (Fsp3) is 0.370. The van der Waals surface area contributed by atoms with Gasteiger partial charge in [0.2, 0.25) is 0 Å². The lowest BCUT2D eigenvalue weighted by molar-refractivity contribution is -0.143. The van der Waals surface area contributed by atoms with Crippen LogP contribution in [0.5, 0.6) is 11.5 Å². The summed E-state index contributed by atoms with van der Waals surface area (Å²) in [5.74, 6) is 1.02. The van der Waals surface area contributed by atoms with E-state index in [1.54, 1.807) is 11.8 Å². The van der Waals surface area contributed by atoms with Crippen molar-refractivity contribution in [3.63, 3.8) is 0 Å². The van der Waals surface area contributed by atoms with Crippen molar-refractivity contribution in [2.24, 2.45) is 0 Å². The van der Waals surface area contributed by atoms with Gasteiger partial charge in [0.1, 0.15) is 10.9 Å². The number of nitrogens with zero attached hydrogens (tertiary/aromatic N) is 1. The number of esters is 1. The Morgan fingerprint density at radius 2 is 1.80 bits per heavy atom. The van der Waals surface area contributed by atoms with Crippen molar-refractivity contribution in [2.75, 3.05) is 19.8 Å². The molecule has 186 valence electrons. The highest BCUT2D eigenvalue weighted by atomic mass is 32.2. The number of hydrogen-bond acceptors (Lipinski definition) is 7. The minimum absolute atomic E-state index is 0.0900. The van der Waals surface area contributed by atoms with Crippen molar-refractivity contribution < 1.29 is 23.8 Å². The molecule has 1 heterocycles. The van der Waals surface area contributed by atoms with E-state index < -0.39 is 0 Å². The molecule has 0 N–H and O–H groups in total. The monoisotopic (exact) mass is 513 g/mol. The van der Waals surface area contributed by atoms with E-state index in [2.05, 4.69) is 0 Å². The van der Waals surface area contributed by atoms with E-state index in [-0.39, 0.29) is 11.9 Å². The van der Waals surface area contributed by atoms with Crippen LogP contribution in [0.2, 0.25) is 0 Å². The molecule has 0 aromatic heterocycles. The molecule has 0 spiro atoms. The van der Waals surface area contributed by atoms with E-state index in [9.17, 15) is 9.59 Å². The van der Waals surface area contributed by atoms with Crippen molar-refractivity contribution >= 4 is 46.3 Å². The Hall–Kier alpha value is -2.84. The molecule has 2 aromatic rings. The highest BCUT2D eigenvalue weighted by Gasteiger charge is 2.31. The first-order valence-electron chi connectivity index (χ1n) is 11.9. The molecule has 6 nitrogen and oxygen atoms in total. The predicted molar refractivity (Wildman–Crippen MR) is 143 cm³/mol. The molecule has 3 rings (SSSR count). The molecule has 0 saturated carbocycles. The summed E-state index contributed by atoms with van der Waals surface area (Å²) in [4.78, 5) is 26.6. The van der Waals surface area contributed by atoms with Crippen LogP contribution in [0, 0.1) is 0 Å². The smallest absolute Gasteiger partial charge is 0.305 e. The number of thiocarbonyl (C=S) groups is 1. The normalized spacial score (nSPS) is 14.5. The number of hydrogen-bond donors (Lipinski definition) is 0. The summed E-state index contributed by atoms with van der Waals surface area (Å²) in [5, 5.41) is 0. The van der Waals surface area contributed by atoms with Gasteiger partial charge < -0.3 is 14.2 Å². The number of carbonyl (C=O) groups is 2. The second kappa shape index (κ2) is 13.9. The Morgan fingerprint density at radius 1 is 1.00 bits per heavy atom. The van der Waals surface area contributed by atoms with E-state index in [4.69, 9.17) is 26.4 Å². The average Bonchev–Trinajstić information content (AvgIpc) is 3.11. The van der Waals surface area contributed by atoms with Gasteiger partial charge >= 0.3 is 5.97 Å². The van der Waals surface area contributed by atoms with Gasteiger partial charge in [-0.25, -0.2) is 0 Å². The molecule has 1 aliphatic heterocycles. The zero-order chi connectivity index (χ0) is 25.0. The van der Waals surface area contributed by atoms with E-state index in [1.807, 2.05) is 61.5 Å². The summed E-state index contributed by atoms with van der Waals surface area (Å²) >= 11 is 6.75. The van der Waals surface area contributed by atoms with E-state index in [0.29, 0.717) is 53.5 Å². The Kier molecular flexibility index (Phi) is 10.6. The Morgan fingerprint density at radius 3 is 2.54 bits per heavy atom. The van der Waals surface area contributed by atoms with Crippen LogP contribution in [0.25, 0.3) is 6.08 Å². The van der Waals surface area contributed by atoms with Crippen LogP contribution in [0.1, 0.15) is 50.7 Å². The zero-order valence-electron chi connectivity index (χ0n) is 20.2. The standard InChI is InChI=1S/C27H31NO5S2/c1-3-31-23-17-21(14-15-22(23)33-19-20-11-7-5-8-12-20)18-24-26(30)28(27(34)35-24)16-10-6-9-13-25(29)32-4-2/h5,7-8,11-12,14-15,17-18H,3-4,6,9-10,13,16,19H2,1-2H3/b24-18-. The molecule has 0 bridgehead atoms. The second-order valence-corrected chi connectivity index (χ2v) is 9.54. The van der Waals surface area contributed by atoms with Crippen LogP contribution in [-0.2, 0) is 20.9 Å². The maximum absolute atomic E-state index is 12.9. The van der Waals surface area contributed by atoms with Crippen molar-refractivity contribution in [2.45, 2.75) is 46.1 Å². The van der Waals surface area contributed by atoms with Crippen LogP contribution < -0.4 is 9.47 Å². The molecule has 1 amide bonds. The summed E-state index contributed by atoms with van der Waals surface area (Å²) in [6, 6.07) is 15.6. The van der Waals surface area contributed by atoms with Crippen molar-refractivity contribution in [1.29, 1.82) is 0 Å². The molecule has 1 aliphatic rings. The second-order valence-electron chi connectivity index (χ2n) is 7.86. The van der Waals surface area contributed by atoms with Crippen LogP contribution in [0.3, 0.4) is 0 Å². The molecule has 1 fully saturated rings. The number of benzene rings is 2. The molecule has 2 aromatic carbocycles. The lowest BCUT2D eigenvalue weighted by Gasteiger charge is -2.14. The molecular weight excluding hydrogens is 482 g/mol. The first kappa shape index (κ1) is 26.8. The predicted octanol–water partition coefficient (Wildman–Crippen LogP) is 5.99. The topological polar surface area (TPSA) is 65.1 Å². The van der Waals surface area contributed by atoms with Crippen LogP contribution >= 0.6 is 24.0 Å². The molecular formula is C27H31NO5S2.